The van der Waals surface area contributed by atoms with E-state index in [1.54, 1.807) is 12.0 Å². The number of nitrogens with one attached hydrogen (secondary N) is 1. The van der Waals surface area contributed by atoms with E-state index in [4.69, 9.17) is 4.74 Å². The molecule has 3 aliphatic rings. The lowest BCUT2D eigenvalue weighted by Crippen LogP contribution is -2.50. The van der Waals surface area contributed by atoms with Gasteiger partial charge in [-0.15, -0.1) is 12.4 Å². The smallest absolute Gasteiger partial charge is 0.227 e. The molecule has 0 aromatic rings. The molecule has 0 aromatic carbocycles. The second-order valence-electron chi connectivity index (χ2n) is 6.95. The number of carbonyl (C=O) groups is 2. The number of hydrogen-bond acceptors (Lipinski definition) is 4. The van der Waals surface area contributed by atoms with Crippen LogP contribution in [0.25, 0.3) is 0 Å². The second-order valence-corrected chi connectivity index (χ2v) is 6.95. The van der Waals surface area contributed by atoms with Gasteiger partial charge in [-0.2, -0.15) is 0 Å². The molecule has 3 saturated heterocycles. The van der Waals surface area contributed by atoms with E-state index in [9.17, 15) is 9.59 Å². The fourth-order valence-corrected chi connectivity index (χ4v) is 4.17. The number of halogens is 1. The number of methoxy groups -OCH3 is 1. The molecule has 3 fully saturated rings. The fourth-order valence-electron chi connectivity index (χ4n) is 4.17. The van der Waals surface area contributed by atoms with Crippen LogP contribution in [-0.4, -0.2) is 73.6 Å². The van der Waals surface area contributed by atoms with Gasteiger partial charge < -0.3 is 19.9 Å². The molecule has 0 saturated carbocycles. The Hall–Kier alpha value is -0.850. The van der Waals surface area contributed by atoms with Crippen LogP contribution in [0.5, 0.6) is 0 Å². The minimum absolute atomic E-state index is 0. The van der Waals surface area contributed by atoms with Gasteiger partial charge in [0.25, 0.3) is 0 Å². The van der Waals surface area contributed by atoms with E-state index < -0.39 is 0 Å². The molecule has 0 aromatic heterocycles. The molecule has 3 aliphatic heterocycles. The topological polar surface area (TPSA) is 61.9 Å². The number of carbonyl (C=O) groups excluding carboxylic acids is 2. The van der Waals surface area contributed by atoms with E-state index in [2.05, 4.69) is 5.32 Å². The third kappa shape index (κ3) is 3.98. The third-order valence-corrected chi connectivity index (χ3v) is 5.47. The van der Waals surface area contributed by atoms with E-state index in [0.717, 1.165) is 12.8 Å². The highest BCUT2D eigenvalue weighted by atomic mass is 35.5. The first-order valence-electron chi connectivity index (χ1n) is 8.38. The fraction of sp³-hybridized carbons (Fsp3) is 0.875. The van der Waals surface area contributed by atoms with E-state index in [-0.39, 0.29) is 30.1 Å². The van der Waals surface area contributed by atoms with E-state index in [0.29, 0.717) is 44.2 Å². The normalized spacial score (nSPS) is 32.8. The van der Waals surface area contributed by atoms with Gasteiger partial charge in [0, 0.05) is 51.8 Å². The van der Waals surface area contributed by atoms with Gasteiger partial charge in [-0.05, 0) is 25.7 Å². The quantitative estimate of drug-likeness (QED) is 0.794. The maximum absolute atomic E-state index is 12.7. The second kappa shape index (κ2) is 7.81. The lowest BCUT2D eigenvalue weighted by molar-refractivity contribution is -0.137. The summed E-state index contributed by atoms with van der Waals surface area (Å²) in [5, 5.41) is 3.61. The Labute approximate surface area is 144 Å². The third-order valence-electron chi connectivity index (χ3n) is 5.47. The summed E-state index contributed by atoms with van der Waals surface area (Å²) in [7, 11) is 3.54. The molecule has 3 rings (SSSR count). The highest BCUT2D eigenvalue weighted by Gasteiger charge is 2.40. The van der Waals surface area contributed by atoms with Crippen LogP contribution in [0.3, 0.4) is 0 Å². The molecule has 0 aliphatic carbocycles. The summed E-state index contributed by atoms with van der Waals surface area (Å²) in [6.45, 7) is 1.66. The van der Waals surface area contributed by atoms with Crippen LogP contribution in [0.1, 0.15) is 32.1 Å². The summed E-state index contributed by atoms with van der Waals surface area (Å²) >= 11 is 0. The average Bonchev–Trinajstić information content (AvgIpc) is 3.05. The maximum atomic E-state index is 12.7. The molecule has 3 heterocycles. The highest BCUT2D eigenvalue weighted by molar-refractivity contribution is 5.89. The predicted molar refractivity (Wildman–Crippen MR) is 89.5 cm³/mol. The molecule has 6 nitrogen and oxygen atoms in total. The number of piperidine rings is 1. The Kier molecular flexibility index (Phi) is 6.28. The van der Waals surface area contributed by atoms with Crippen molar-refractivity contribution in [1.29, 1.82) is 0 Å². The van der Waals surface area contributed by atoms with Gasteiger partial charge in [0.15, 0.2) is 0 Å². The van der Waals surface area contributed by atoms with Gasteiger partial charge in [-0.1, -0.05) is 0 Å². The van der Waals surface area contributed by atoms with E-state index >= 15 is 0 Å². The summed E-state index contributed by atoms with van der Waals surface area (Å²) in [6.07, 6.45) is 4.91. The Bertz CT molecular complexity index is 436. The number of ether oxygens (including phenoxy) is 1. The minimum Gasteiger partial charge on any atom is -0.383 e. The molecular formula is C16H28ClN3O3. The molecule has 7 heteroatoms. The Balaban J connectivity index is 0.00000192. The molecule has 132 valence electrons. The zero-order valence-corrected chi connectivity index (χ0v) is 14.8. The van der Waals surface area contributed by atoms with Crippen molar-refractivity contribution in [2.24, 2.45) is 5.92 Å². The van der Waals surface area contributed by atoms with Crippen LogP contribution in [0, 0.1) is 5.92 Å². The van der Waals surface area contributed by atoms with Crippen molar-refractivity contribution in [2.75, 3.05) is 33.9 Å². The minimum atomic E-state index is -0.179. The summed E-state index contributed by atoms with van der Waals surface area (Å²) < 4.78 is 5.02. The zero-order valence-electron chi connectivity index (χ0n) is 14.0. The molecule has 23 heavy (non-hydrogen) atoms. The van der Waals surface area contributed by atoms with Crippen molar-refractivity contribution in [3.63, 3.8) is 0 Å². The van der Waals surface area contributed by atoms with Crippen molar-refractivity contribution in [3.8, 4) is 0 Å². The standard InChI is InChI=1S/C16H27N3O3.ClH/c1-18(14-8-12-3-4-13(9-14)17-12)16(21)11-7-15(20)19(10-11)5-6-22-2;/h11-14,17H,3-10H2,1-2H3;1H. The van der Waals surface area contributed by atoms with Crippen molar-refractivity contribution in [3.05, 3.63) is 0 Å². The first-order chi connectivity index (χ1) is 10.6. The number of amides is 2. The average molecular weight is 346 g/mol. The number of rotatable bonds is 5. The molecule has 0 radical (unpaired) electrons. The first-order valence-corrected chi connectivity index (χ1v) is 8.38. The number of hydrogen-bond donors (Lipinski definition) is 1. The van der Waals surface area contributed by atoms with Crippen LogP contribution in [-0.2, 0) is 14.3 Å². The summed E-state index contributed by atoms with van der Waals surface area (Å²) in [5.41, 5.74) is 0. The predicted octanol–water partition coefficient (Wildman–Crippen LogP) is 0.645. The lowest BCUT2D eigenvalue weighted by atomic mass is 9.97. The van der Waals surface area contributed by atoms with Crippen LogP contribution >= 0.6 is 12.4 Å². The van der Waals surface area contributed by atoms with E-state index in [1.165, 1.54) is 12.8 Å². The van der Waals surface area contributed by atoms with Crippen LogP contribution in [0.15, 0.2) is 0 Å². The van der Waals surface area contributed by atoms with Gasteiger partial charge >= 0.3 is 0 Å². The Morgan fingerprint density at radius 3 is 2.61 bits per heavy atom. The van der Waals surface area contributed by atoms with Gasteiger partial charge in [0.2, 0.25) is 11.8 Å². The zero-order chi connectivity index (χ0) is 15.7. The molecule has 3 atom stereocenters. The van der Waals surface area contributed by atoms with Crippen molar-refractivity contribution in [1.82, 2.24) is 15.1 Å². The summed E-state index contributed by atoms with van der Waals surface area (Å²) in [4.78, 5) is 28.4. The Morgan fingerprint density at radius 2 is 2.00 bits per heavy atom. The maximum Gasteiger partial charge on any atom is 0.227 e. The van der Waals surface area contributed by atoms with Gasteiger partial charge in [0.05, 0.1) is 12.5 Å². The van der Waals surface area contributed by atoms with Gasteiger partial charge in [-0.25, -0.2) is 0 Å². The number of fused-ring (bicyclic) bond motifs is 2. The van der Waals surface area contributed by atoms with Crippen LogP contribution in [0.4, 0.5) is 0 Å². The molecule has 0 spiro atoms. The molecule has 3 unspecified atom stereocenters. The Morgan fingerprint density at radius 1 is 1.35 bits per heavy atom. The van der Waals surface area contributed by atoms with Crippen molar-refractivity contribution < 1.29 is 14.3 Å². The SMILES string of the molecule is COCCN1CC(C(=O)N(C)C2CC3CCC(C2)N3)CC1=O.Cl. The van der Waals surface area contributed by atoms with Gasteiger partial charge in [0.1, 0.15) is 0 Å². The lowest BCUT2D eigenvalue weighted by Gasteiger charge is -2.36. The molecule has 2 bridgehead atoms. The monoisotopic (exact) mass is 345 g/mol. The largest absolute Gasteiger partial charge is 0.383 e. The molecule has 1 N–H and O–H groups in total. The summed E-state index contributed by atoms with van der Waals surface area (Å²) in [6, 6.07) is 1.47. The highest BCUT2D eigenvalue weighted by Crippen LogP contribution is 2.30. The number of likely N-dealkylation sites (tertiary alicyclic amines) is 1. The summed E-state index contributed by atoms with van der Waals surface area (Å²) in [5.74, 6) is 0.0376. The first kappa shape index (κ1) is 18.5. The van der Waals surface area contributed by atoms with Crippen molar-refractivity contribution in [2.45, 2.75) is 50.2 Å². The number of nitrogens with zero attached hydrogens (tertiary/aromatic N) is 2. The molecule has 2 amide bonds. The molecular weight excluding hydrogens is 318 g/mol. The van der Waals surface area contributed by atoms with Crippen LogP contribution < -0.4 is 5.32 Å². The van der Waals surface area contributed by atoms with Gasteiger partial charge in [-0.3, -0.25) is 9.59 Å². The van der Waals surface area contributed by atoms with Crippen molar-refractivity contribution >= 4 is 24.2 Å². The van der Waals surface area contributed by atoms with Crippen LogP contribution in [0.2, 0.25) is 0 Å². The van der Waals surface area contributed by atoms with E-state index in [1.807, 2.05) is 11.9 Å².